The lowest BCUT2D eigenvalue weighted by Crippen LogP contribution is -1.94. The van der Waals surface area contributed by atoms with Crippen molar-refractivity contribution in [3.05, 3.63) is 45.0 Å². The molecule has 2 aromatic rings. The van der Waals surface area contributed by atoms with E-state index in [2.05, 4.69) is 20.9 Å². The molecule has 3 nitrogen and oxygen atoms in total. The van der Waals surface area contributed by atoms with E-state index in [1.807, 2.05) is 31.2 Å². The molecule has 0 radical (unpaired) electrons. The van der Waals surface area contributed by atoms with Crippen LogP contribution in [0, 0.1) is 0 Å². The van der Waals surface area contributed by atoms with Gasteiger partial charge in [-0.15, -0.1) is 0 Å². The van der Waals surface area contributed by atoms with Crippen LogP contribution in [0.25, 0.3) is 11.3 Å². The number of benzene rings is 1. The monoisotopic (exact) mass is 267 g/mol. The number of nitrogens with one attached hydrogen (secondary N) is 1. The average molecular weight is 268 g/mol. The molecule has 2 rings (SSSR count). The SMILES string of the molecule is CCc1oc(=O)[nH]c1-c1ccccc1Br. The predicted molar refractivity (Wildman–Crippen MR) is 61.8 cm³/mol. The van der Waals surface area contributed by atoms with Crippen LogP contribution in [0.5, 0.6) is 0 Å². The summed E-state index contributed by atoms with van der Waals surface area (Å²) in [5, 5.41) is 0. The molecule has 0 bridgehead atoms. The molecule has 0 aliphatic rings. The molecule has 1 aromatic heterocycles. The first kappa shape index (κ1) is 10.2. The fraction of sp³-hybridized carbons (Fsp3) is 0.182. The third kappa shape index (κ3) is 1.90. The highest BCUT2D eigenvalue weighted by Crippen LogP contribution is 2.28. The first-order valence-corrected chi connectivity index (χ1v) is 5.48. The number of aromatic nitrogens is 1. The summed E-state index contributed by atoms with van der Waals surface area (Å²) in [4.78, 5) is 13.8. The molecular weight excluding hydrogens is 258 g/mol. The lowest BCUT2D eigenvalue weighted by molar-refractivity contribution is 0.474. The molecule has 1 heterocycles. The molecule has 0 saturated heterocycles. The highest BCUT2D eigenvalue weighted by Gasteiger charge is 2.12. The standard InChI is InChI=1S/C11H10BrNO2/c1-2-9-10(13-11(14)15-9)7-5-3-4-6-8(7)12/h3-6H,2H2,1H3,(H,13,14). The van der Waals surface area contributed by atoms with Gasteiger partial charge in [0.2, 0.25) is 0 Å². The molecular formula is C11H10BrNO2. The molecule has 1 N–H and O–H groups in total. The number of halogens is 1. The summed E-state index contributed by atoms with van der Waals surface area (Å²) in [7, 11) is 0. The van der Waals surface area contributed by atoms with E-state index in [0.29, 0.717) is 12.2 Å². The molecule has 15 heavy (non-hydrogen) atoms. The van der Waals surface area contributed by atoms with Crippen molar-refractivity contribution in [3.63, 3.8) is 0 Å². The summed E-state index contributed by atoms with van der Waals surface area (Å²) in [6.07, 6.45) is 0.690. The molecule has 1 aromatic carbocycles. The quantitative estimate of drug-likeness (QED) is 0.910. The Balaban J connectivity index is 2.63. The molecule has 0 atom stereocenters. The highest BCUT2D eigenvalue weighted by molar-refractivity contribution is 9.10. The van der Waals surface area contributed by atoms with Crippen molar-refractivity contribution in [2.75, 3.05) is 0 Å². The molecule has 0 aliphatic carbocycles. The molecule has 4 heteroatoms. The van der Waals surface area contributed by atoms with Gasteiger partial charge in [0.15, 0.2) is 0 Å². The number of rotatable bonds is 2. The Morgan fingerprint density at radius 1 is 1.40 bits per heavy atom. The second-order valence-electron chi connectivity index (χ2n) is 3.15. The van der Waals surface area contributed by atoms with Gasteiger partial charge in [-0.3, -0.25) is 4.98 Å². The first-order valence-electron chi connectivity index (χ1n) is 4.69. The van der Waals surface area contributed by atoms with Crippen molar-refractivity contribution in [1.82, 2.24) is 4.98 Å². The van der Waals surface area contributed by atoms with Gasteiger partial charge < -0.3 is 4.42 Å². The number of aryl methyl sites for hydroxylation is 1. The number of hydrogen-bond acceptors (Lipinski definition) is 2. The maximum absolute atomic E-state index is 11.1. The van der Waals surface area contributed by atoms with Crippen LogP contribution >= 0.6 is 15.9 Å². The van der Waals surface area contributed by atoms with Crippen molar-refractivity contribution in [3.8, 4) is 11.3 Å². The van der Waals surface area contributed by atoms with Crippen molar-refractivity contribution < 1.29 is 4.42 Å². The van der Waals surface area contributed by atoms with E-state index in [9.17, 15) is 4.79 Å². The zero-order valence-corrected chi connectivity index (χ0v) is 9.80. The Bertz CT molecular complexity index is 527. The molecule has 0 amide bonds. The van der Waals surface area contributed by atoms with Gasteiger partial charge in [-0.05, 0) is 6.07 Å². The van der Waals surface area contributed by atoms with E-state index in [1.54, 1.807) is 0 Å². The van der Waals surface area contributed by atoms with Crippen LogP contribution in [0.3, 0.4) is 0 Å². The van der Waals surface area contributed by atoms with Gasteiger partial charge in [-0.25, -0.2) is 4.79 Å². The van der Waals surface area contributed by atoms with E-state index in [4.69, 9.17) is 4.42 Å². The summed E-state index contributed by atoms with van der Waals surface area (Å²) >= 11 is 3.44. The number of oxazole rings is 1. The van der Waals surface area contributed by atoms with Crippen LogP contribution in [-0.2, 0) is 6.42 Å². The van der Waals surface area contributed by atoms with Gasteiger partial charge in [0.05, 0.1) is 5.69 Å². The summed E-state index contributed by atoms with van der Waals surface area (Å²) in [5.41, 5.74) is 1.70. The molecule has 0 spiro atoms. The smallest absolute Gasteiger partial charge is 0.412 e. The van der Waals surface area contributed by atoms with Crippen molar-refractivity contribution >= 4 is 15.9 Å². The zero-order chi connectivity index (χ0) is 10.8. The van der Waals surface area contributed by atoms with Crippen LogP contribution in [-0.4, -0.2) is 4.98 Å². The van der Waals surface area contributed by atoms with E-state index in [-0.39, 0.29) is 0 Å². The second kappa shape index (κ2) is 4.06. The summed E-state index contributed by atoms with van der Waals surface area (Å²) < 4.78 is 5.98. The van der Waals surface area contributed by atoms with Crippen LogP contribution in [0.4, 0.5) is 0 Å². The molecule has 0 fully saturated rings. The van der Waals surface area contributed by atoms with Gasteiger partial charge >= 0.3 is 5.76 Å². The molecule has 78 valence electrons. The van der Waals surface area contributed by atoms with Crippen LogP contribution in [0.1, 0.15) is 12.7 Å². The third-order valence-electron chi connectivity index (χ3n) is 2.19. The first-order chi connectivity index (χ1) is 7.22. The van der Waals surface area contributed by atoms with Gasteiger partial charge in [-0.1, -0.05) is 41.1 Å². The topological polar surface area (TPSA) is 46.0 Å². The minimum atomic E-state index is -0.405. The lowest BCUT2D eigenvalue weighted by atomic mass is 10.1. The maximum Gasteiger partial charge on any atom is 0.416 e. The Morgan fingerprint density at radius 3 is 2.80 bits per heavy atom. The minimum absolute atomic E-state index is 0.405. The largest absolute Gasteiger partial charge is 0.416 e. The van der Waals surface area contributed by atoms with E-state index in [1.165, 1.54) is 0 Å². The fourth-order valence-corrected chi connectivity index (χ4v) is 1.97. The van der Waals surface area contributed by atoms with Crippen LogP contribution in [0.15, 0.2) is 37.9 Å². The van der Waals surface area contributed by atoms with Gasteiger partial charge in [-0.2, -0.15) is 0 Å². The summed E-state index contributed by atoms with van der Waals surface area (Å²) in [6.45, 7) is 1.95. The van der Waals surface area contributed by atoms with Crippen molar-refractivity contribution in [1.29, 1.82) is 0 Å². The number of H-pyrrole nitrogens is 1. The second-order valence-corrected chi connectivity index (χ2v) is 4.00. The molecule has 0 saturated carbocycles. The Labute approximate surface area is 95.3 Å². The van der Waals surface area contributed by atoms with E-state index in [0.717, 1.165) is 15.7 Å². The number of hydrogen-bond donors (Lipinski definition) is 1. The van der Waals surface area contributed by atoms with E-state index >= 15 is 0 Å². The molecule has 0 aliphatic heterocycles. The maximum atomic E-state index is 11.1. The molecule has 0 unspecified atom stereocenters. The minimum Gasteiger partial charge on any atom is -0.412 e. The normalized spacial score (nSPS) is 10.5. The zero-order valence-electron chi connectivity index (χ0n) is 8.21. The van der Waals surface area contributed by atoms with E-state index < -0.39 is 5.76 Å². The summed E-state index contributed by atoms with van der Waals surface area (Å²) in [6, 6.07) is 7.71. The Hall–Kier alpha value is -1.29. The Kier molecular flexibility index (Phi) is 2.77. The van der Waals surface area contributed by atoms with Crippen LogP contribution in [0.2, 0.25) is 0 Å². The lowest BCUT2D eigenvalue weighted by Gasteiger charge is -2.01. The predicted octanol–water partition coefficient (Wildman–Crippen LogP) is 2.96. The highest BCUT2D eigenvalue weighted by atomic mass is 79.9. The Morgan fingerprint density at radius 2 is 2.13 bits per heavy atom. The van der Waals surface area contributed by atoms with Crippen LogP contribution < -0.4 is 5.76 Å². The van der Waals surface area contributed by atoms with Crippen molar-refractivity contribution in [2.45, 2.75) is 13.3 Å². The fourth-order valence-electron chi connectivity index (χ4n) is 1.49. The van der Waals surface area contributed by atoms with Gasteiger partial charge in [0.25, 0.3) is 0 Å². The third-order valence-corrected chi connectivity index (χ3v) is 2.88. The van der Waals surface area contributed by atoms with Crippen molar-refractivity contribution in [2.24, 2.45) is 0 Å². The van der Waals surface area contributed by atoms with Gasteiger partial charge in [0.1, 0.15) is 5.76 Å². The summed E-state index contributed by atoms with van der Waals surface area (Å²) in [5.74, 6) is 0.282. The average Bonchev–Trinajstić information content (AvgIpc) is 2.60. The number of aromatic amines is 1. The van der Waals surface area contributed by atoms with Gasteiger partial charge in [0, 0.05) is 16.5 Å².